The van der Waals surface area contributed by atoms with Crippen LogP contribution in [0.15, 0.2) is 180 Å². The summed E-state index contributed by atoms with van der Waals surface area (Å²) in [7, 11) is 0. The lowest BCUT2D eigenvalue weighted by Crippen LogP contribution is -2.32. The van der Waals surface area contributed by atoms with E-state index in [0.717, 1.165) is 33.5 Å². The Morgan fingerprint density at radius 1 is 0.373 bits per heavy atom. The normalized spacial score (nSPS) is 13.3. The number of anilines is 1. The first kappa shape index (κ1) is 29.6. The van der Waals surface area contributed by atoms with Gasteiger partial charge in [0.05, 0.1) is 5.41 Å². The summed E-state index contributed by atoms with van der Waals surface area (Å²) in [5.41, 5.74) is 19.7. The Labute approximate surface area is 300 Å². The summed E-state index contributed by atoms with van der Waals surface area (Å²) in [5, 5.41) is 0. The quantitative estimate of drug-likeness (QED) is 0.189. The summed E-state index contributed by atoms with van der Waals surface area (Å²) >= 11 is 1.85. The fourth-order valence-corrected chi connectivity index (χ4v) is 9.09. The van der Waals surface area contributed by atoms with Crippen molar-refractivity contribution < 1.29 is 0 Å². The molecule has 1 aliphatic heterocycles. The lowest BCUT2D eigenvalue weighted by atomic mass is 9.67. The topological polar surface area (TPSA) is 64.7 Å². The minimum Gasteiger partial charge on any atom is -0.398 e. The van der Waals surface area contributed by atoms with Gasteiger partial charge in [0.1, 0.15) is 0 Å². The molecule has 0 bridgehead atoms. The molecule has 0 fully saturated rings. The van der Waals surface area contributed by atoms with Gasteiger partial charge in [-0.15, -0.1) is 0 Å². The van der Waals surface area contributed by atoms with E-state index in [1.54, 1.807) is 0 Å². The van der Waals surface area contributed by atoms with Crippen molar-refractivity contribution >= 4 is 17.4 Å². The van der Waals surface area contributed by atoms with E-state index in [-0.39, 0.29) is 0 Å². The molecule has 1 aromatic heterocycles. The van der Waals surface area contributed by atoms with E-state index < -0.39 is 5.41 Å². The molecule has 7 aromatic carbocycles. The molecule has 2 heterocycles. The van der Waals surface area contributed by atoms with Crippen LogP contribution in [0.4, 0.5) is 5.69 Å². The van der Waals surface area contributed by atoms with Crippen LogP contribution in [0.5, 0.6) is 0 Å². The van der Waals surface area contributed by atoms with Crippen molar-refractivity contribution in [3.63, 3.8) is 0 Å². The molecule has 0 saturated heterocycles. The molecule has 0 unspecified atom stereocenters. The van der Waals surface area contributed by atoms with Gasteiger partial charge in [0, 0.05) is 37.7 Å². The van der Waals surface area contributed by atoms with Gasteiger partial charge in [0.2, 0.25) is 0 Å². The van der Waals surface area contributed by atoms with E-state index in [9.17, 15) is 0 Å². The second-order valence-electron chi connectivity index (χ2n) is 13.0. The number of nitrogen functional groups attached to an aromatic ring is 1. The van der Waals surface area contributed by atoms with Crippen molar-refractivity contribution in [3.05, 3.63) is 192 Å². The highest BCUT2D eigenvalue weighted by Crippen LogP contribution is 2.62. The molecule has 0 radical (unpaired) electrons. The summed E-state index contributed by atoms with van der Waals surface area (Å²) in [6.45, 7) is 0. The molecule has 10 rings (SSSR count). The number of nitrogens with zero attached hydrogens (tertiary/aromatic N) is 3. The predicted molar refractivity (Wildman–Crippen MR) is 207 cm³/mol. The zero-order valence-electron chi connectivity index (χ0n) is 27.5. The molecular formula is C46H30N4S. The van der Waals surface area contributed by atoms with Crippen molar-refractivity contribution in [2.24, 2.45) is 0 Å². The molecule has 0 atom stereocenters. The van der Waals surface area contributed by atoms with Crippen molar-refractivity contribution in [1.29, 1.82) is 0 Å². The average Bonchev–Trinajstić information content (AvgIpc) is 3.47. The van der Waals surface area contributed by atoms with Gasteiger partial charge in [0.25, 0.3) is 0 Å². The summed E-state index contributed by atoms with van der Waals surface area (Å²) in [4.78, 5) is 17.3. The summed E-state index contributed by atoms with van der Waals surface area (Å²) in [5.74, 6) is 1.91. The molecule has 0 saturated carbocycles. The van der Waals surface area contributed by atoms with Crippen molar-refractivity contribution in [3.8, 4) is 56.4 Å². The Hall–Kier alpha value is -6.30. The highest BCUT2D eigenvalue weighted by atomic mass is 32.2. The molecule has 1 spiro atoms. The standard InChI is InChI=1S/C46H30N4S/c47-40-28-35-33-17-7-8-18-36(33)46(37-19-9-11-21-41(37)51-42-22-12-10-20-38(42)46)39(35)27-34(40)29-23-25-32(26-24-29)45-49-43(30-13-3-1-4-14-30)48-44(50-45)31-15-5-2-6-16-31/h1-28H,47H2. The fourth-order valence-electron chi connectivity index (χ4n) is 7.90. The van der Waals surface area contributed by atoms with Gasteiger partial charge in [0.15, 0.2) is 17.5 Å². The third-order valence-electron chi connectivity index (χ3n) is 10.2. The maximum Gasteiger partial charge on any atom is 0.164 e. The molecule has 2 N–H and O–H groups in total. The van der Waals surface area contributed by atoms with Gasteiger partial charge in [-0.2, -0.15) is 0 Å². The SMILES string of the molecule is Nc1cc2c(cc1-c1ccc(-c3nc(-c4ccccc4)nc(-c4ccccc4)n3)cc1)C1(c3ccccc3Sc3ccccc31)c1ccccc1-2. The first-order chi connectivity index (χ1) is 25.2. The van der Waals surface area contributed by atoms with Crippen LogP contribution in [-0.4, -0.2) is 15.0 Å². The van der Waals surface area contributed by atoms with E-state index in [4.69, 9.17) is 20.7 Å². The van der Waals surface area contributed by atoms with Crippen LogP contribution in [0, 0.1) is 0 Å². The lowest BCUT2D eigenvalue weighted by molar-refractivity contribution is 0.722. The predicted octanol–water partition coefficient (Wildman–Crippen LogP) is 10.9. The minimum absolute atomic E-state index is 0.459. The van der Waals surface area contributed by atoms with E-state index in [2.05, 4.69) is 109 Å². The third kappa shape index (κ3) is 4.59. The Morgan fingerprint density at radius 2 is 0.824 bits per heavy atom. The smallest absolute Gasteiger partial charge is 0.164 e. The van der Waals surface area contributed by atoms with E-state index in [0.29, 0.717) is 17.5 Å². The molecule has 4 nitrogen and oxygen atoms in total. The monoisotopic (exact) mass is 670 g/mol. The minimum atomic E-state index is -0.459. The molecule has 240 valence electrons. The number of fused-ring (bicyclic) bond motifs is 9. The van der Waals surface area contributed by atoms with Crippen LogP contribution in [0.3, 0.4) is 0 Å². The Bertz CT molecular complexity index is 2510. The molecule has 51 heavy (non-hydrogen) atoms. The molecule has 1 aliphatic carbocycles. The van der Waals surface area contributed by atoms with Gasteiger partial charge in [-0.3, -0.25) is 0 Å². The Morgan fingerprint density at radius 3 is 1.39 bits per heavy atom. The molecule has 8 aromatic rings. The van der Waals surface area contributed by atoms with E-state index >= 15 is 0 Å². The Balaban J connectivity index is 1.13. The molecule has 0 amide bonds. The largest absolute Gasteiger partial charge is 0.398 e. The highest BCUT2D eigenvalue weighted by Gasteiger charge is 2.50. The fraction of sp³-hybridized carbons (Fsp3) is 0.0217. The van der Waals surface area contributed by atoms with Crippen molar-refractivity contribution in [1.82, 2.24) is 15.0 Å². The second-order valence-corrected chi connectivity index (χ2v) is 14.1. The van der Waals surface area contributed by atoms with Crippen LogP contribution in [-0.2, 0) is 5.41 Å². The highest BCUT2D eigenvalue weighted by molar-refractivity contribution is 7.99. The zero-order chi connectivity index (χ0) is 33.9. The summed E-state index contributed by atoms with van der Waals surface area (Å²) in [6.07, 6.45) is 0. The third-order valence-corrected chi connectivity index (χ3v) is 11.3. The second kappa shape index (κ2) is 11.7. The lowest BCUT2D eigenvalue weighted by Gasteiger charge is -2.39. The van der Waals surface area contributed by atoms with Gasteiger partial charge >= 0.3 is 0 Å². The van der Waals surface area contributed by atoms with Gasteiger partial charge in [-0.25, -0.2) is 15.0 Å². The first-order valence-corrected chi connectivity index (χ1v) is 17.9. The molecule has 2 aliphatic rings. The molecule has 5 heteroatoms. The number of rotatable bonds is 4. The van der Waals surface area contributed by atoms with Crippen molar-refractivity contribution in [2.75, 3.05) is 5.73 Å². The Kier molecular flexibility index (Phi) is 6.76. The van der Waals surface area contributed by atoms with Crippen LogP contribution in [0.25, 0.3) is 56.4 Å². The van der Waals surface area contributed by atoms with Crippen LogP contribution < -0.4 is 5.73 Å². The van der Waals surface area contributed by atoms with E-state index in [1.807, 2.05) is 72.4 Å². The number of nitrogens with two attached hydrogens (primary N) is 1. The molecular weight excluding hydrogens is 641 g/mol. The number of hydrogen-bond donors (Lipinski definition) is 1. The first-order valence-electron chi connectivity index (χ1n) is 17.1. The average molecular weight is 671 g/mol. The van der Waals surface area contributed by atoms with Gasteiger partial charge < -0.3 is 5.73 Å². The summed E-state index contributed by atoms with van der Waals surface area (Å²) < 4.78 is 0. The van der Waals surface area contributed by atoms with Crippen LogP contribution >= 0.6 is 11.8 Å². The zero-order valence-corrected chi connectivity index (χ0v) is 28.3. The maximum atomic E-state index is 6.97. The maximum absolute atomic E-state index is 6.97. The van der Waals surface area contributed by atoms with Gasteiger partial charge in [-0.1, -0.05) is 157 Å². The van der Waals surface area contributed by atoms with Crippen molar-refractivity contribution in [2.45, 2.75) is 15.2 Å². The number of hydrogen-bond acceptors (Lipinski definition) is 5. The van der Waals surface area contributed by atoms with Crippen LogP contribution in [0.1, 0.15) is 22.3 Å². The van der Waals surface area contributed by atoms with Crippen LogP contribution in [0.2, 0.25) is 0 Å². The van der Waals surface area contributed by atoms with Gasteiger partial charge in [-0.05, 0) is 63.2 Å². The van der Waals surface area contributed by atoms with E-state index in [1.165, 1.54) is 43.2 Å². The summed E-state index contributed by atoms with van der Waals surface area (Å²) in [6, 6.07) is 59.7. The number of aromatic nitrogens is 3. The number of benzene rings is 7.